The summed E-state index contributed by atoms with van der Waals surface area (Å²) in [5.41, 5.74) is 4.07. The van der Waals surface area contributed by atoms with Crippen molar-refractivity contribution < 1.29 is 4.39 Å². The van der Waals surface area contributed by atoms with Crippen molar-refractivity contribution in [2.75, 3.05) is 0 Å². The van der Waals surface area contributed by atoms with Crippen molar-refractivity contribution in [1.29, 1.82) is 0 Å². The van der Waals surface area contributed by atoms with Crippen molar-refractivity contribution in [3.05, 3.63) is 35.6 Å². The number of benzene rings is 1. The van der Waals surface area contributed by atoms with E-state index >= 15 is 0 Å². The van der Waals surface area contributed by atoms with Gasteiger partial charge in [-0.05, 0) is 36.5 Å². The molecule has 3 heteroatoms. The summed E-state index contributed by atoms with van der Waals surface area (Å²) in [6, 6.07) is 7.03. The molecular weight excluding hydrogens is 227 g/mol. The smallest absolute Gasteiger partial charge is 0.123 e. The number of rotatable bonds is 5. The molecule has 2 nitrogen and oxygen atoms in total. The molecule has 1 atom stereocenters. The molecule has 2 rings (SSSR count). The van der Waals surface area contributed by atoms with Crippen LogP contribution in [-0.2, 0) is 6.42 Å². The molecule has 0 bridgehead atoms. The molecule has 0 heterocycles. The minimum atomic E-state index is -0.178. The van der Waals surface area contributed by atoms with E-state index in [9.17, 15) is 4.39 Å². The highest BCUT2D eigenvalue weighted by Crippen LogP contribution is 2.27. The average Bonchev–Trinajstić information content (AvgIpc) is 2.41. The summed E-state index contributed by atoms with van der Waals surface area (Å²) in [5.74, 6) is 6.27. The largest absolute Gasteiger partial charge is 0.271 e. The molecular formula is C15H23FN2. The number of hydrazine groups is 1. The number of nitrogens with two attached hydrogens (primary N) is 1. The van der Waals surface area contributed by atoms with Gasteiger partial charge in [0.05, 0.1) is 0 Å². The highest BCUT2D eigenvalue weighted by atomic mass is 19.1. The topological polar surface area (TPSA) is 38.0 Å². The SMILES string of the molecule is NNC(Cc1ccc(F)cc1)CC1CCCCC1. The lowest BCUT2D eigenvalue weighted by atomic mass is 9.84. The first-order valence-electron chi connectivity index (χ1n) is 6.98. The highest BCUT2D eigenvalue weighted by Gasteiger charge is 2.18. The van der Waals surface area contributed by atoms with Gasteiger partial charge in [0.1, 0.15) is 5.82 Å². The van der Waals surface area contributed by atoms with E-state index in [0.29, 0.717) is 6.04 Å². The molecule has 0 spiro atoms. The number of hydrogen-bond donors (Lipinski definition) is 2. The Morgan fingerprint density at radius 3 is 2.44 bits per heavy atom. The van der Waals surface area contributed by atoms with Gasteiger partial charge in [0.2, 0.25) is 0 Å². The van der Waals surface area contributed by atoms with Crippen LogP contribution in [0.15, 0.2) is 24.3 Å². The van der Waals surface area contributed by atoms with Crippen LogP contribution in [0.3, 0.4) is 0 Å². The summed E-state index contributed by atoms with van der Waals surface area (Å²) in [6.45, 7) is 0. The summed E-state index contributed by atoms with van der Waals surface area (Å²) in [6.07, 6.45) is 8.79. The Labute approximate surface area is 109 Å². The Morgan fingerprint density at radius 2 is 1.83 bits per heavy atom. The molecule has 0 saturated heterocycles. The third-order valence-electron chi connectivity index (χ3n) is 3.97. The molecule has 1 aromatic carbocycles. The van der Waals surface area contributed by atoms with Crippen molar-refractivity contribution >= 4 is 0 Å². The zero-order chi connectivity index (χ0) is 12.8. The maximum absolute atomic E-state index is 12.8. The fraction of sp³-hybridized carbons (Fsp3) is 0.600. The molecule has 3 N–H and O–H groups in total. The van der Waals surface area contributed by atoms with E-state index in [1.807, 2.05) is 12.1 Å². The van der Waals surface area contributed by atoms with E-state index in [4.69, 9.17) is 5.84 Å². The predicted molar refractivity (Wildman–Crippen MR) is 72.4 cm³/mol. The van der Waals surface area contributed by atoms with Gasteiger partial charge in [-0.15, -0.1) is 0 Å². The zero-order valence-corrected chi connectivity index (χ0v) is 10.9. The Balaban J connectivity index is 1.86. The van der Waals surface area contributed by atoms with Crippen LogP contribution >= 0.6 is 0 Å². The summed E-state index contributed by atoms with van der Waals surface area (Å²) >= 11 is 0. The summed E-state index contributed by atoms with van der Waals surface area (Å²) in [5, 5.41) is 0. The lowest BCUT2D eigenvalue weighted by molar-refractivity contribution is 0.298. The normalized spacial score (nSPS) is 18.8. The van der Waals surface area contributed by atoms with Crippen LogP contribution < -0.4 is 11.3 Å². The maximum atomic E-state index is 12.8. The van der Waals surface area contributed by atoms with Crippen LogP contribution in [0, 0.1) is 11.7 Å². The molecule has 1 unspecified atom stereocenters. The van der Waals surface area contributed by atoms with Crippen molar-refractivity contribution in [1.82, 2.24) is 5.43 Å². The maximum Gasteiger partial charge on any atom is 0.123 e. The lowest BCUT2D eigenvalue weighted by Crippen LogP contribution is -2.38. The first-order valence-corrected chi connectivity index (χ1v) is 6.98. The second-order valence-corrected chi connectivity index (χ2v) is 5.43. The fourth-order valence-corrected chi connectivity index (χ4v) is 2.94. The molecule has 0 amide bonds. The minimum Gasteiger partial charge on any atom is -0.271 e. The third kappa shape index (κ3) is 4.07. The first-order chi connectivity index (χ1) is 8.78. The Morgan fingerprint density at radius 1 is 1.17 bits per heavy atom. The Kier molecular flexibility index (Phi) is 5.14. The second-order valence-electron chi connectivity index (χ2n) is 5.43. The van der Waals surface area contributed by atoms with Gasteiger partial charge in [0, 0.05) is 6.04 Å². The fourth-order valence-electron chi connectivity index (χ4n) is 2.94. The van der Waals surface area contributed by atoms with E-state index in [0.717, 1.165) is 24.3 Å². The van der Waals surface area contributed by atoms with Gasteiger partial charge in [0.25, 0.3) is 0 Å². The van der Waals surface area contributed by atoms with Crippen LogP contribution in [0.4, 0.5) is 4.39 Å². The van der Waals surface area contributed by atoms with Gasteiger partial charge in [-0.1, -0.05) is 44.2 Å². The van der Waals surface area contributed by atoms with E-state index < -0.39 is 0 Å². The number of hydrogen-bond acceptors (Lipinski definition) is 2. The van der Waals surface area contributed by atoms with Crippen LogP contribution in [0.25, 0.3) is 0 Å². The van der Waals surface area contributed by atoms with Crippen LogP contribution in [0.1, 0.15) is 44.1 Å². The predicted octanol–water partition coefficient (Wildman–Crippen LogP) is 3.17. The van der Waals surface area contributed by atoms with Crippen LogP contribution in [0.5, 0.6) is 0 Å². The molecule has 1 saturated carbocycles. The van der Waals surface area contributed by atoms with Crippen LogP contribution in [-0.4, -0.2) is 6.04 Å². The Bertz CT molecular complexity index is 344. The molecule has 1 aromatic rings. The molecule has 1 aliphatic carbocycles. The van der Waals surface area contributed by atoms with Crippen molar-refractivity contribution in [2.45, 2.75) is 51.0 Å². The second kappa shape index (κ2) is 6.86. The Hall–Kier alpha value is -0.930. The molecule has 100 valence electrons. The van der Waals surface area contributed by atoms with Crippen LogP contribution in [0.2, 0.25) is 0 Å². The standard InChI is InChI=1S/C15H23FN2/c16-14-8-6-13(7-9-14)11-15(18-17)10-12-4-2-1-3-5-12/h6-9,12,15,18H,1-5,10-11,17H2. The van der Waals surface area contributed by atoms with Gasteiger partial charge in [0.15, 0.2) is 0 Å². The lowest BCUT2D eigenvalue weighted by Gasteiger charge is -2.26. The van der Waals surface area contributed by atoms with Gasteiger partial charge in [-0.3, -0.25) is 11.3 Å². The van der Waals surface area contributed by atoms with Gasteiger partial charge in [-0.25, -0.2) is 4.39 Å². The first kappa shape index (κ1) is 13.5. The summed E-state index contributed by atoms with van der Waals surface area (Å²) in [7, 11) is 0. The molecule has 1 fully saturated rings. The van der Waals surface area contributed by atoms with Crippen molar-refractivity contribution in [3.8, 4) is 0 Å². The van der Waals surface area contributed by atoms with Gasteiger partial charge in [-0.2, -0.15) is 0 Å². The number of nitrogens with one attached hydrogen (secondary N) is 1. The monoisotopic (exact) mass is 250 g/mol. The van der Waals surface area contributed by atoms with Crippen molar-refractivity contribution in [3.63, 3.8) is 0 Å². The number of halogens is 1. The average molecular weight is 250 g/mol. The van der Waals surface area contributed by atoms with E-state index in [2.05, 4.69) is 5.43 Å². The summed E-state index contributed by atoms with van der Waals surface area (Å²) in [4.78, 5) is 0. The van der Waals surface area contributed by atoms with E-state index in [1.165, 1.54) is 44.2 Å². The van der Waals surface area contributed by atoms with Crippen molar-refractivity contribution in [2.24, 2.45) is 11.8 Å². The van der Waals surface area contributed by atoms with Gasteiger partial charge < -0.3 is 0 Å². The minimum absolute atomic E-state index is 0.178. The molecule has 0 radical (unpaired) electrons. The molecule has 0 aromatic heterocycles. The molecule has 1 aliphatic rings. The van der Waals surface area contributed by atoms with E-state index in [-0.39, 0.29) is 5.82 Å². The summed E-state index contributed by atoms with van der Waals surface area (Å²) < 4.78 is 12.8. The van der Waals surface area contributed by atoms with Gasteiger partial charge >= 0.3 is 0 Å². The molecule has 0 aliphatic heterocycles. The molecule has 18 heavy (non-hydrogen) atoms. The zero-order valence-electron chi connectivity index (χ0n) is 10.9. The quantitative estimate of drug-likeness (QED) is 0.622. The van der Waals surface area contributed by atoms with E-state index in [1.54, 1.807) is 0 Å². The highest BCUT2D eigenvalue weighted by molar-refractivity contribution is 5.17. The third-order valence-corrected chi connectivity index (χ3v) is 3.97.